The maximum Gasteiger partial charge on any atom is 0.339 e. The molecule has 0 aromatic heterocycles. The number of rotatable bonds is 8. The van der Waals surface area contributed by atoms with Gasteiger partial charge in [0, 0.05) is 19.2 Å². The minimum atomic E-state index is -3.71. The summed E-state index contributed by atoms with van der Waals surface area (Å²) in [4.78, 5) is 25.6. The van der Waals surface area contributed by atoms with Crippen molar-refractivity contribution in [2.45, 2.75) is 44.1 Å². The van der Waals surface area contributed by atoms with E-state index in [9.17, 15) is 18.0 Å². The van der Waals surface area contributed by atoms with E-state index in [0.717, 1.165) is 19.3 Å². The second-order valence-corrected chi connectivity index (χ2v) is 9.98. The molecule has 1 heterocycles. The molecule has 0 spiro atoms. The second kappa shape index (κ2) is 10.9. The van der Waals surface area contributed by atoms with Gasteiger partial charge in [0.2, 0.25) is 10.0 Å². The Kier molecular flexibility index (Phi) is 8.16. The maximum atomic E-state index is 13.0. The molecule has 2 aromatic carbocycles. The topological polar surface area (TPSA) is 111 Å². The van der Waals surface area contributed by atoms with Gasteiger partial charge in [0.15, 0.2) is 6.10 Å². The SMILES string of the molecule is COc1ccc(OC)c(NC(=O)C(C)OC(=O)c2cc(S(=O)(=O)N3CCCCC3)ccc2C)c1. The Balaban J connectivity index is 1.75. The number of nitrogens with zero attached hydrogens (tertiary/aromatic N) is 1. The molecule has 1 aliphatic rings. The normalized spacial score (nSPS) is 15.3. The fourth-order valence-corrected chi connectivity index (χ4v) is 5.20. The smallest absolute Gasteiger partial charge is 0.339 e. The Morgan fingerprint density at radius 1 is 1.00 bits per heavy atom. The van der Waals surface area contributed by atoms with E-state index >= 15 is 0 Å². The summed E-state index contributed by atoms with van der Waals surface area (Å²) in [5.41, 5.74) is 1.00. The van der Waals surface area contributed by atoms with Gasteiger partial charge in [-0.2, -0.15) is 4.31 Å². The molecule has 1 atom stereocenters. The molecule has 1 fully saturated rings. The quantitative estimate of drug-likeness (QED) is 0.565. The molecule has 0 bridgehead atoms. The lowest BCUT2D eigenvalue weighted by Gasteiger charge is -2.26. The zero-order valence-electron chi connectivity index (χ0n) is 19.8. The van der Waals surface area contributed by atoms with Crippen LogP contribution in [0.25, 0.3) is 0 Å². The van der Waals surface area contributed by atoms with Crippen LogP contribution >= 0.6 is 0 Å². The number of hydrogen-bond acceptors (Lipinski definition) is 7. The molecule has 1 N–H and O–H groups in total. The number of aryl methyl sites for hydroxylation is 1. The lowest BCUT2D eigenvalue weighted by atomic mass is 10.1. The summed E-state index contributed by atoms with van der Waals surface area (Å²) >= 11 is 0. The van der Waals surface area contributed by atoms with Crippen molar-refractivity contribution < 1.29 is 32.2 Å². The van der Waals surface area contributed by atoms with E-state index in [4.69, 9.17) is 14.2 Å². The minimum Gasteiger partial charge on any atom is -0.497 e. The lowest BCUT2D eigenvalue weighted by molar-refractivity contribution is -0.123. The number of methoxy groups -OCH3 is 2. The van der Waals surface area contributed by atoms with E-state index in [0.29, 0.717) is 35.8 Å². The Morgan fingerprint density at radius 2 is 1.71 bits per heavy atom. The molecular formula is C24H30N2O7S. The molecule has 1 aliphatic heterocycles. The summed E-state index contributed by atoms with van der Waals surface area (Å²) in [7, 11) is -0.747. The Morgan fingerprint density at radius 3 is 2.35 bits per heavy atom. The van der Waals surface area contributed by atoms with Crippen LogP contribution in [0.5, 0.6) is 11.5 Å². The molecule has 1 amide bonds. The van der Waals surface area contributed by atoms with Crippen LogP contribution in [0.1, 0.15) is 42.1 Å². The Bertz CT molecular complexity index is 1160. The van der Waals surface area contributed by atoms with Gasteiger partial charge in [0.05, 0.1) is 30.4 Å². The van der Waals surface area contributed by atoms with Crippen molar-refractivity contribution in [2.24, 2.45) is 0 Å². The van der Waals surface area contributed by atoms with Crippen LogP contribution in [0.15, 0.2) is 41.3 Å². The minimum absolute atomic E-state index is 0.0326. The zero-order chi connectivity index (χ0) is 24.9. The van der Waals surface area contributed by atoms with Gasteiger partial charge in [0.1, 0.15) is 11.5 Å². The van der Waals surface area contributed by atoms with E-state index < -0.39 is 28.0 Å². The summed E-state index contributed by atoms with van der Waals surface area (Å²) in [5.74, 6) is -0.426. The molecule has 0 aliphatic carbocycles. The van der Waals surface area contributed by atoms with E-state index in [2.05, 4.69) is 5.32 Å². The van der Waals surface area contributed by atoms with Crippen LogP contribution < -0.4 is 14.8 Å². The number of sulfonamides is 1. The molecule has 10 heteroatoms. The Labute approximate surface area is 200 Å². The number of carbonyl (C=O) groups is 2. The number of benzene rings is 2. The van der Waals surface area contributed by atoms with Gasteiger partial charge in [0.25, 0.3) is 5.91 Å². The highest BCUT2D eigenvalue weighted by Crippen LogP contribution is 2.29. The predicted octanol–water partition coefficient (Wildman–Crippen LogP) is 3.37. The molecule has 9 nitrogen and oxygen atoms in total. The number of ether oxygens (including phenoxy) is 3. The molecule has 0 saturated carbocycles. The maximum absolute atomic E-state index is 13.0. The molecule has 3 rings (SSSR count). The fraction of sp³-hybridized carbons (Fsp3) is 0.417. The average Bonchev–Trinajstić information content (AvgIpc) is 2.84. The monoisotopic (exact) mass is 490 g/mol. The highest BCUT2D eigenvalue weighted by Gasteiger charge is 2.28. The summed E-state index contributed by atoms with van der Waals surface area (Å²) in [6.07, 6.45) is 1.47. The molecule has 184 valence electrons. The first kappa shape index (κ1) is 25.5. The van der Waals surface area contributed by atoms with E-state index in [-0.39, 0.29) is 10.5 Å². The summed E-state index contributed by atoms with van der Waals surface area (Å²) < 4.78 is 43.2. The Hall–Kier alpha value is -3.11. The largest absolute Gasteiger partial charge is 0.497 e. The van der Waals surface area contributed by atoms with Gasteiger partial charge in [-0.3, -0.25) is 4.79 Å². The van der Waals surface area contributed by atoms with Gasteiger partial charge >= 0.3 is 5.97 Å². The fourth-order valence-electron chi connectivity index (χ4n) is 3.66. The standard InChI is InChI=1S/C24H30N2O7S/c1-16-8-10-19(34(29,30)26-12-6-5-7-13-26)15-20(16)24(28)33-17(2)23(27)25-21-14-18(31-3)9-11-22(21)32-4/h8-11,14-15,17H,5-7,12-13H2,1-4H3,(H,25,27). The van der Waals surface area contributed by atoms with E-state index in [1.165, 1.54) is 37.6 Å². The molecular weight excluding hydrogens is 460 g/mol. The second-order valence-electron chi connectivity index (χ2n) is 8.04. The average molecular weight is 491 g/mol. The van der Waals surface area contributed by atoms with Crippen molar-refractivity contribution >= 4 is 27.6 Å². The summed E-state index contributed by atoms with van der Waals surface area (Å²) in [6.45, 7) is 4.03. The number of anilines is 1. The first-order valence-corrected chi connectivity index (χ1v) is 12.5. The molecule has 34 heavy (non-hydrogen) atoms. The number of nitrogens with one attached hydrogen (secondary N) is 1. The van der Waals surface area contributed by atoms with Crippen molar-refractivity contribution in [3.8, 4) is 11.5 Å². The number of piperidine rings is 1. The van der Waals surface area contributed by atoms with Crippen molar-refractivity contribution in [2.75, 3.05) is 32.6 Å². The summed E-state index contributed by atoms with van der Waals surface area (Å²) in [5, 5.41) is 2.66. The first-order chi connectivity index (χ1) is 16.2. The summed E-state index contributed by atoms with van der Waals surface area (Å²) in [6, 6.07) is 9.29. The molecule has 1 saturated heterocycles. The third kappa shape index (κ3) is 5.68. The van der Waals surface area contributed by atoms with Crippen LogP contribution in [0.2, 0.25) is 0 Å². The van der Waals surface area contributed by atoms with Crippen molar-refractivity contribution in [1.82, 2.24) is 4.31 Å². The number of carbonyl (C=O) groups excluding carboxylic acids is 2. The van der Waals surface area contributed by atoms with E-state index in [1.54, 1.807) is 31.2 Å². The number of hydrogen-bond donors (Lipinski definition) is 1. The van der Waals surface area contributed by atoms with Crippen LogP contribution in [0, 0.1) is 6.92 Å². The third-order valence-corrected chi connectivity index (χ3v) is 7.59. The van der Waals surface area contributed by atoms with Gasteiger partial charge in [-0.05, 0) is 56.5 Å². The molecule has 2 aromatic rings. The predicted molar refractivity (Wildman–Crippen MR) is 127 cm³/mol. The zero-order valence-corrected chi connectivity index (χ0v) is 20.6. The van der Waals surface area contributed by atoms with Gasteiger partial charge < -0.3 is 19.5 Å². The van der Waals surface area contributed by atoms with Crippen LogP contribution in [-0.4, -0.2) is 58.0 Å². The van der Waals surface area contributed by atoms with Crippen LogP contribution in [-0.2, 0) is 19.6 Å². The van der Waals surface area contributed by atoms with Crippen molar-refractivity contribution in [1.29, 1.82) is 0 Å². The third-order valence-electron chi connectivity index (χ3n) is 5.70. The van der Waals surface area contributed by atoms with Gasteiger partial charge in [-0.25, -0.2) is 13.2 Å². The van der Waals surface area contributed by atoms with Crippen molar-refractivity contribution in [3.63, 3.8) is 0 Å². The van der Waals surface area contributed by atoms with Gasteiger partial charge in [-0.1, -0.05) is 12.5 Å². The number of amides is 1. The lowest BCUT2D eigenvalue weighted by Crippen LogP contribution is -2.35. The molecule has 0 radical (unpaired) electrons. The highest BCUT2D eigenvalue weighted by atomic mass is 32.2. The van der Waals surface area contributed by atoms with Gasteiger partial charge in [-0.15, -0.1) is 0 Å². The first-order valence-electron chi connectivity index (χ1n) is 11.0. The van der Waals surface area contributed by atoms with Crippen LogP contribution in [0.4, 0.5) is 5.69 Å². The molecule has 1 unspecified atom stereocenters. The number of esters is 1. The van der Waals surface area contributed by atoms with Crippen LogP contribution in [0.3, 0.4) is 0 Å². The van der Waals surface area contributed by atoms with Crippen molar-refractivity contribution in [3.05, 3.63) is 47.5 Å². The van der Waals surface area contributed by atoms with E-state index in [1.807, 2.05) is 0 Å². The highest BCUT2D eigenvalue weighted by molar-refractivity contribution is 7.89.